The molecule has 2 aliphatic rings. The van der Waals surface area contributed by atoms with Gasteiger partial charge in [-0.3, -0.25) is 4.90 Å². The summed E-state index contributed by atoms with van der Waals surface area (Å²) < 4.78 is 5.41. The Kier molecular flexibility index (Phi) is 5.26. The SMILES string of the molecule is C[C@@H]1CCC[C@H]2CCCN(CCOCCO)[C@H]21. The Bertz CT molecular complexity index is 220. The Morgan fingerprint density at radius 2 is 2.00 bits per heavy atom. The molecule has 3 nitrogen and oxygen atoms in total. The number of fused-ring (bicyclic) bond motifs is 1. The summed E-state index contributed by atoms with van der Waals surface area (Å²) in [6.45, 7) is 6.11. The van der Waals surface area contributed by atoms with Gasteiger partial charge in [0.05, 0.1) is 19.8 Å². The number of rotatable bonds is 5. The molecule has 1 saturated heterocycles. The zero-order valence-corrected chi connectivity index (χ0v) is 11.1. The highest BCUT2D eigenvalue weighted by Gasteiger charge is 2.36. The molecule has 3 heteroatoms. The van der Waals surface area contributed by atoms with E-state index >= 15 is 0 Å². The van der Waals surface area contributed by atoms with Gasteiger partial charge in [-0.05, 0) is 44.1 Å². The highest BCUT2D eigenvalue weighted by atomic mass is 16.5. The first-order valence-corrected chi connectivity index (χ1v) is 7.25. The molecule has 1 heterocycles. The Morgan fingerprint density at radius 1 is 1.18 bits per heavy atom. The molecule has 0 spiro atoms. The fourth-order valence-electron chi connectivity index (χ4n) is 3.80. The number of hydrogen-bond acceptors (Lipinski definition) is 3. The van der Waals surface area contributed by atoms with Crippen molar-refractivity contribution in [2.75, 3.05) is 32.9 Å². The molecule has 0 aromatic heterocycles. The van der Waals surface area contributed by atoms with E-state index in [1.807, 2.05) is 0 Å². The van der Waals surface area contributed by atoms with Gasteiger partial charge in [0.25, 0.3) is 0 Å². The van der Waals surface area contributed by atoms with Crippen LogP contribution in [-0.2, 0) is 4.74 Å². The van der Waals surface area contributed by atoms with E-state index in [1.54, 1.807) is 0 Å². The average molecular weight is 241 g/mol. The molecule has 0 unspecified atom stereocenters. The molecule has 17 heavy (non-hydrogen) atoms. The van der Waals surface area contributed by atoms with Crippen molar-refractivity contribution in [2.24, 2.45) is 11.8 Å². The minimum absolute atomic E-state index is 0.141. The normalized spacial score (nSPS) is 34.6. The molecule has 1 saturated carbocycles. The van der Waals surface area contributed by atoms with Crippen molar-refractivity contribution in [3.05, 3.63) is 0 Å². The number of ether oxygens (including phenoxy) is 1. The van der Waals surface area contributed by atoms with Gasteiger partial charge in [0.15, 0.2) is 0 Å². The van der Waals surface area contributed by atoms with E-state index < -0.39 is 0 Å². The fourth-order valence-corrected chi connectivity index (χ4v) is 3.80. The molecule has 2 rings (SSSR count). The summed E-state index contributed by atoms with van der Waals surface area (Å²) >= 11 is 0. The second kappa shape index (κ2) is 6.72. The average Bonchev–Trinajstić information content (AvgIpc) is 2.35. The minimum atomic E-state index is 0.141. The maximum atomic E-state index is 8.69. The lowest BCUT2D eigenvalue weighted by atomic mass is 9.73. The molecule has 1 aliphatic carbocycles. The first kappa shape index (κ1) is 13.3. The van der Waals surface area contributed by atoms with E-state index in [2.05, 4.69) is 11.8 Å². The van der Waals surface area contributed by atoms with Crippen LogP contribution in [0.2, 0.25) is 0 Å². The highest BCUT2D eigenvalue weighted by molar-refractivity contribution is 4.90. The van der Waals surface area contributed by atoms with Gasteiger partial charge in [-0.2, -0.15) is 0 Å². The smallest absolute Gasteiger partial charge is 0.0698 e. The molecular formula is C14H27NO2. The third-order valence-corrected chi connectivity index (χ3v) is 4.50. The quantitative estimate of drug-likeness (QED) is 0.746. The molecule has 0 radical (unpaired) electrons. The number of nitrogens with zero attached hydrogens (tertiary/aromatic N) is 1. The van der Waals surface area contributed by atoms with Crippen molar-refractivity contribution in [3.63, 3.8) is 0 Å². The van der Waals surface area contributed by atoms with Crippen molar-refractivity contribution in [2.45, 2.75) is 45.1 Å². The predicted octanol–water partition coefficient (Wildman–Crippen LogP) is 1.90. The number of likely N-dealkylation sites (tertiary alicyclic amines) is 1. The van der Waals surface area contributed by atoms with Crippen LogP contribution in [-0.4, -0.2) is 49.0 Å². The highest BCUT2D eigenvalue weighted by Crippen LogP contribution is 2.38. The van der Waals surface area contributed by atoms with Crippen molar-refractivity contribution < 1.29 is 9.84 Å². The lowest BCUT2D eigenvalue weighted by Crippen LogP contribution is -2.51. The van der Waals surface area contributed by atoms with Crippen LogP contribution >= 0.6 is 0 Å². The molecule has 100 valence electrons. The first-order chi connectivity index (χ1) is 8.33. The standard InChI is InChI=1S/C14H27NO2/c1-12-4-2-5-13-6-3-7-15(14(12)13)8-10-17-11-9-16/h12-14,16H,2-11H2,1H3/t12-,13+,14+/m1/s1. The molecule has 1 N–H and O–H groups in total. The summed E-state index contributed by atoms with van der Waals surface area (Å²) in [5.41, 5.74) is 0. The van der Waals surface area contributed by atoms with Crippen LogP contribution in [0.4, 0.5) is 0 Å². The Hall–Kier alpha value is -0.120. The molecule has 0 aromatic carbocycles. The van der Waals surface area contributed by atoms with Crippen molar-refractivity contribution in [1.29, 1.82) is 0 Å². The zero-order chi connectivity index (χ0) is 12.1. The van der Waals surface area contributed by atoms with Gasteiger partial charge in [0.1, 0.15) is 0 Å². The van der Waals surface area contributed by atoms with Crippen LogP contribution in [0.25, 0.3) is 0 Å². The van der Waals surface area contributed by atoms with Crippen LogP contribution in [0.15, 0.2) is 0 Å². The molecule has 0 amide bonds. The maximum absolute atomic E-state index is 8.69. The molecule has 0 aromatic rings. The Balaban J connectivity index is 1.82. The zero-order valence-electron chi connectivity index (χ0n) is 11.1. The van der Waals surface area contributed by atoms with Crippen LogP contribution in [0.1, 0.15) is 39.0 Å². The van der Waals surface area contributed by atoms with Gasteiger partial charge in [0, 0.05) is 12.6 Å². The molecule has 1 aliphatic heterocycles. The largest absolute Gasteiger partial charge is 0.394 e. The summed E-state index contributed by atoms with van der Waals surface area (Å²) in [5.74, 6) is 1.79. The second-order valence-corrected chi connectivity index (χ2v) is 5.67. The summed E-state index contributed by atoms with van der Waals surface area (Å²) in [6.07, 6.45) is 7.05. The molecular weight excluding hydrogens is 214 g/mol. The van der Waals surface area contributed by atoms with Crippen LogP contribution in [0.3, 0.4) is 0 Å². The third kappa shape index (κ3) is 3.43. The van der Waals surface area contributed by atoms with Crippen molar-refractivity contribution in [3.8, 4) is 0 Å². The van der Waals surface area contributed by atoms with Gasteiger partial charge < -0.3 is 9.84 Å². The second-order valence-electron chi connectivity index (χ2n) is 5.67. The van der Waals surface area contributed by atoms with Gasteiger partial charge in [-0.25, -0.2) is 0 Å². The van der Waals surface area contributed by atoms with Gasteiger partial charge in [0.2, 0.25) is 0 Å². The number of aliphatic hydroxyl groups excluding tert-OH is 1. The monoisotopic (exact) mass is 241 g/mol. The summed E-state index contributed by atoms with van der Waals surface area (Å²) in [5, 5.41) is 8.69. The third-order valence-electron chi connectivity index (χ3n) is 4.50. The topological polar surface area (TPSA) is 32.7 Å². The van der Waals surface area contributed by atoms with Crippen molar-refractivity contribution >= 4 is 0 Å². The van der Waals surface area contributed by atoms with E-state index in [9.17, 15) is 0 Å². The molecule has 2 fully saturated rings. The number of aliphatic hydroxyl groups is 1. The van der Waals surface area contributed by atoms with Crippen LogP contribution in [0.5, 0.6) is 0 Å². The van der Waals surface area contributed by atoms with E-state index in [0.717, 1.165) is 31.0 Å². The minimum Gasteiger partial charge on any atom is -0.394 e. The van der Waals surface area contributed by atoms with Crippen LogP contribution in [0, 0.1) is 11.8 Å². The van der Waals surface area contributed by atoms with Crippen molar-refractivity contribution in [1.82, 2.24) is 4.90 Å². The lowest BCUT2D eigenvalue weighted by Gasteiger charge is -2.47. The molecule has 0 bridgehead atoms. The van der Waals surface area contributed by atoms with Gasteiger partial charge in [-0.1, -0.05) is 13.3 Å². The predicted molar refractivity (Wildman–Crippen MR) is 69.0 cm³/mol. The first-order valence-electron chi connectivity index (χ1n) is 7.25. The van der Waals surface area contributed by atoms with E-state index in [-0.39, 0.29) is 6.61 Å². The number of piperidine rings is 1. The van der Waals surface area contributed by atoms with E-state index in [1.165, 1.54) is 38.6 Å². The summed E-state index contributed by atoms with van der Waals surface area (Å²) in [6, 6.07) is 0.801. The van der Waals surface area contributed by atoms with Gasteiger partial charge in [-0.15, -0.1) is 0 Å². The fraction of sp³-hybridized carbons (Fsp3) is 1.00. The van der Waals surface area contributed by atoms with Gasteiger partial charge >= 0.3 is 0 Å². The maximum Gasteiger partial charge on any atom is 0.0698 e. The van der Waals surface area contributed by atoms with E-state index in [4.69, 9.17) is 9.84 Å². The summed E-state index contributed by atoms with van der Waals surface area (Å²) in [7, 11) is 0. The summed E-state index contributed by atoms with van der Waals surface area (Å²) in [4.78, 5) is 2.65. The molecule has 3 atom stereocenters. The lowest BCUT2D eigenvalue weighted by molar-refractivity contribution is -0.000751. The van der Waals surface area contributed by atoms with Crippen LogP contribution < -0.4 is 0 Å². The number of hydrogen-bond donors (Lipinski definition) is 1. The Morgan fingerprint density at radius 3 is 2.82 bits per heavy atom. The Labute approximate surface area is 105 Å². The van der Waals surface area contributed by atoms with E-state index in [0.29, 0.717) is 6.61 Å².